The molecule has 0 bridgehead atoms. The molecule has 7 nitrogen and oxygen atoms in total. The van der Waals surface area contributed by atoms with Crippen molar-refractivity contribution in [2.75, 3.05) is 0 Å². The number of aryl methyl sites for hydroxylation is 1. The summed E-state index contributed by atoms with van der Waals surface area (Å²) in [5.74, 6) is -0.833. The molecular weight excluding hydrogens is 236 g/mol. The van der Waals surface area contributed by atoms with E-state index in [2.05, 4.69) is 10.1 Å². The Hall–Kier alpha value is -2.62. The van der Waals surface area contributed by atoms with Gasteiger partial charge in [0, 0.05) is 24.9 Å². The molecule has 7 heteroatoms. The maximum Gasteiger partial charge on any atom is 0.300 e. The number of hydrogen-bond donors (Lipinski definition) is 2. The highest BCUT2D eigenvalue weighted by molar-refractivity contribution is 5.62. The number of hydrogen-bond acceptors (Lipinski definition) is 4. The highest BCUT2D eigenvalue weighted by Gasteiger charge is 2.07. The molecular formula is C11H12N4O3. The smallest absolute Gasteiger partial charge is 0.300 e. The topological polar surface area (TPSA) is 111 Å². The summed E-state index contributed by atoms with van der Waals surface area (Å²) in [6.45, 7) is 2.97. The summed E-state index contributed by atoms with van der Waals surface area (Å²) in [5.41, 5.74) is 1.26. The first-order chi connectivity index (χ1) is 8.51. The minimum Gasteiger partial charge on any atom is -0.481 e. The molecule has 2 N–H and O–H groups in total. The van der Waals surface area contributed by atoms with Gasteiger partial charge in [-0.1, -0.05) is 6.92 Å². The number of carboxylic acids is 1. The first-order valence-electron chi connectivity index (χ1n) is 5.18. The maximum absolute atomic E-state index is 11.7. The second kappa shape index (κ2) is 5.63. The van der Waals surface area contributed by atoms with Crippen LogP contribution in [-0.2, 0) is 11.2 Å². The third kappa shape index (κ3) is 2.74. The minimum absolute atomic E-state index is 0.140. The van der Waals surface area contributed by atoms with Gasteiger partial charge in [0.1, 0.15) is 11.6 Å². The summed E-state index contributed by atoms with van der Waals surface area (Å²) in [6.07, 6.45) is 3.63. The molecule has 0 aromatic carbocycles. The Labute approximate surface area is 102 Å². The molecule has 2 aromatic heterocycles. The van der Waals surface area contributed by atoms with Crippen LogP contribution in [0.2, 0.25) is 0 Å². The number of aliphatic carboxylic acids is 1. The molecule has 94 valence electrons. The van der Waals surface area contributed by atoms with Gasteiger partial charge in [0.05, 0.1) is 0 Å². The quantitative estimate of drug-likeness (QED) is 0.765. The van der Waals surface area contributed by atoms with E-state index in [4.69, 9.17) is 15.2 Å². The standard InChI is InChI=1S/C9H8N4O.C2H4O2/c1-2-6-4-11-8-7(3-10)5-12-13(8)9(6)14;1-2(3)4/h4-5,12H,2H2,1H3;1H3,(H,3,4). The molecule has 0 radical (unpaired) electrons. The molecule has 2 aromatic rings. The number of aromatic nitrogens is 3. The Morgan fingerprint density at radius 1 is 1.67 bits per heavy atom. The van der Waals surface area contributed by atoms with E-state index in [1.165, 1.54) is 16.9 Å². The molecule has 2 heterocycles. The van der Waals surface area contributed by atoms with Crippen molar-refractivity contribution >= 4 is 11.6 Å². The summed E-state index contributed by atoms with van der Waals surface area (Å²) in [7, 11) is 0. The van der Waals surface area contributed by atoms with Crippen molar-refractivity contribution in [2.45, 2.75) is 20.3 Å². The predicted octanol–water partition coefficient (Wildman–Crippen LogP) is 0.548. The Bertz CT molecular complexity index is 659. The summed E-state index contributed by atoms with van der Waals surface area (Å²) >= 11 is 0. The Balaban J connectivity index is 0.000000357. The van der Waals surface area contributed by atoms with Crippen LogP contribution in [0.5, 0.6) is 0 Å². The number of nitrogens with one attached hydrogen (secondary N) is 1. The lowest BCUT2D eigenvalue weighted by molar-refractivity contribution is -0.134. The van der Waals surface area contributed by atoms with Crippen LogP contribution in [0.15, 0.2) is 17.2 Å². The zero-order valence-corrected chi connectivity index (χ0v) is 9.97. The lowest BCUT2D eigenvalue weighted by Crippen LogP contribution is -2.18. The molecule has 0 atom stereocenters. The van der Waals surface area contributed by atoms with Crippen LogP contribution >= 0.6 is 0 Å². The molecule has 0 spiro atoms. The van der Waals surface area contributed by atoms with Gasteiger partial charge >= 0.3 is 0 Å². The number of H-pyrrole nitrogens is 1. The van der Waals surface area contributed by atoms with E-state index < -0.39 is 5.97 Å². The SMILES string of the molecule is CC(=O)O.CCc1cnc2c(C#N)c[nH]n2c1=O. The van der Waals surface area contributed by atoms with Crippen molar-refractivity contribution in [1.82, 2.24) is 14.6 Å². The number of carbonyl (C=O) groups is 1. The Morgan fingerprint density at radius 3 is 2.78 bits per heavy atom. The van der Waals surface area contributed by atoms with Gasteiger partial charge in [-0.05, 0) is 6.42 Å². The monoisotopic (exact) mass is 248 g/mol. The van der Waals surface area contributed by atoms with Gasteiger partial charge < -0.3 is 5.11 Å². The van der Waals surface area contributed by atoms with Crippen molar-refractivity contribution < 1.29 is 9.90 Å². The second-order valence-electron chi connectivity index (χ2n) is 3.42. The molecule has 0 fully saturated rings. The fourth-order valence-electron chi connectivity index (χ4n) is 1.32. The van der Waals surface area contributed by atoms with Gasteiger partial charge in [-0.2, -0.15) is 5.26 Å². The number of carboxylic acid groups (broad SMARTS) is 1. The van der Waals surface area contributed by atoms with E-state index in [1.54, 1.807) is 0 Å². The van der Waals surface area contributed by atoms with Gasteiger partial charge in [0.15, 0.2) is 5.65 Å². The van der Waals surface area contributed by atoms with Gasteiger partial charge in [0.2, 0.25) is 0 Å². The molecule has 0 saturated carbocycles. The van der Waals surface area contributed by atoms with Crippen LogP contribution in [0.25, 0.3) is 5.65 Å². The number of nitriles is 1. The average molecular weight is 248 g/mol. The van der Waals surface area contributed by atoms with E-state index in [-0.39, 0.29) is 5.56 Å². The highest BCUT2D eigenvalue weighted by atomic mass is 16.4. The first-order valence-corrected chi connectivity index (χ1v) is 5.18. The van der Waals surface area contributed by atoms with E-state index in [9.17, 15) is 4.79 Å². The fraction of sp³-hybridized carbons (Fsp3) is 0.273. The molecule has 2 rings (SSSR count). The number of rotatable bonds is 1. The second-order valence-corrected chi connectivity index (χ2v) is 3.42. The van der Waals surface area contributed by atoms with Crippen molar-refractivity contribution in [3.8, 4) is 6.07 Å². The van der Waals surface area contributed by atoms with Gasteiger partial charge in [0.25, 0.3) is 11.5 Å². The maximum atomic E-state index is 11.7. The van der Waals surface area contributed by atoms with Gasteiger partial charge in [-0.15, -0.1) is 0 Å². The fourth-order valence-corrected chi connectivity index (χ4v) is 1.32. The number of fused-ring (bicyclic) bond motifs is 1. The molecule has 0 aliphatic rings. The Kier molecular flexibility index (Phi) is 4.21. The average Bonchev–Trinajstić information content (AvgIpc) is 2.72. The van der Waals surface area contributed by atoms with E-state index in [1.807, 2.05) is 13.0 Å². The summed E-state index contributed by atoms with van der Waals surface area (Å²) < 4.78 is 1.29. The summed E-state index contributed by atoms with van der Waals surface area (Å²) in [6, 6.07) is 1.96. The molecule has 0 aliphatic heterocycles. The highest BCUT2D eigenvalue weighted by Crippen LogP contribution is 2.03. The van der Waals surface area contributed by atoms with Crippen molar-refractivity contribution in [2.24, 2.45) is 0 Å². The van der Waals surface area contributed by atoms with Crippen molar-refractivity contribution in [3.05, 3.63) is 33.9 Å². The van der Waals surface area contributed by atoms with Crippen LogP contribution in [0.1, 0.15) is 25.0 Å². The number of nitrogens with zero attached hydrogens (tertiary/aromatic N) is 3. The van der Waals surface area contributed by atoms with Crippen LogP contribution in [0.4, 0.5) is 0 Å². The molecule has 0 saturated heterocycles. The van der Waals surface area contributed by atoms with Crippen LogP contribution in [0.3, 0.4) is 0 Å². The normalized spacial score (nSPS) is 9.39. The van der Waals surface area contributed by atoms with Crippen LogP contribution in [-0.4, -0.2) is 25.7 Å². The van der Waals surface area contributed by atoms with Crippen LogP contribution in [0, 0.1) is 11.3 Å². The summed E-state index contributed by atoms with van der Waals surface area (Å²) in [5, 5.41) is 18.8. The third-order valence-electron chi connectivity index (χ3n) is 2.11. The van der Waals surface area contributed by atoms with Crippen molar-refractivity contribution in [3.63, 3.8) is 0 Å². The first kappa shape index (κ1) is 13.4. The third-order valence-corrected chi connectivity index (χ3v) is 2.11. The molecule has 0 unspecified atom stereocenters. The molecule has 18 heavy (non-hydrogen) atoms. The Morgan fingerprint density at radius 2 is 2.28 bits per heavy atom. The summed E-state index contributed by atoms with van der Waals surface area (Å²) in [4.78, 5) is 24.7. The van der Waals surface area contributed by atoms with Crippen molar-refractivity contribution in [1.29, 1.82) is 5.26 Å². The lowest BCUT2D eigenvalue weighted by Gasteiger charge is -1.96. The zero-order valence-electron chi connectivity index (χ0n) is 9.97. The molecule has 0 aliphatic carbocycles. The van der Waals surface area contributed by atoms with Crippen LogP contribution < -0.4 is 5.56 Å². The van der Waals surface area contributed by atoms with E-state index in [0.29, 0.717) is 23.2 Å². The lowest BCUT2D eigenvalue weighted by atomic mass is 10.2. The minimum atomic E-state index is -0.833. The van der Waals surface area contributed by atoms with E-state index >= 15 is 0 Å². The number of aromatic amines is 1. The van der Waals surface area contributed by atoms with Gasteiger partial charge in [-0.3, -0.25) is 14.7 Å². The molecule has 0 amide bonds. The predicted molar refractivity (Wildman–Crippen MR) is 63.2 cm³/mol. The van der Waals surface area contributed by atoms with E-state index in [0.717, 1.165) is 6.92 Å². The van der Waals surface area contributed by atoms with Gasteiger partial charge in [-0.25, -0.2) is 9.50 Å². The largest absolute Gasteiger partial charge is 0.481 e. The zero-order chi connectivity index (χ0) is 13.7.